The maximum Gasteiger partial charge on any atom is 0.171 e. The summed E-state index contributed by atoms with van der Waals surface area (Å²) in [4.78, 5) is 9.81. The molecule has 3 aliphatic heterocycles. The first-order chi connectivity index (χ1) is 14.7. The molecule has 30 heavy (non-hydrogen) atoms. The van der Waals surface area contributed by atoms with Crippen molar-refractivity contribution in [3.8, 4) is 5.82 Å². The summed E-state index contributed by atoms with van der Waals surface area (Å²) in [5.41, 5.74) is 9.49. The molecule has 2 atom stereocenters. The first-order valence-corrected chi connectivity index (χ1v) is 10.6. The van der Waals surface area contributed by atoms with E-state index < -0.39 is 0 Å². The molecule has 2 bridgehead atoms. The summed E-state index contributed by atoms with van der Waals surface area (Å²) >= 11 is 0. The number of aromatic nitrogens is 5. The van der Waals surface area contributed by atoms with Gasteiger partial charge in [-0.25, -0.2) is 4.98 Å². The van der Waals surface area contributed by atoms with Crippen LogP contribution in [0.25, 0.3) is 16.9 Å². The summed E-state index contributed by atoms with van der Waals surface area (Å²) in [7, 11) is 0. The van der Waals surface area contributed by atoms with Gasteiger partial charge in [-0.05, 0) is 19.8 Å². The minimum Gasteiger partial charge on any atom is -0.382 e. The van der Waals surface area contributed by atoms with E-state index >= 15 is 0 Å². The molecule has 2 unspecified atom stereocenters. The highest BCUT2D eigenvalue weighted by Gasteiger charge is 2.36. The van der Waals surface area contributed by atoms with Gasteiger partial charge in [-0.3, -0.25) is 5.10 Å². The minimum absolute atomic E-state index is 0.280. The van der Waals surface area contributed by atoms with Crippen molar-refractivity contribution >= 4 is 28.4 Å². The van der Waals surface area contributed by atoms with Gasteiger partial charge in [0.1, 0.15) is 5.82 Å². The molecule has 10 heteroatoms. The van der Waals surface area contributed by atoms with Crippen LogP contribution in [-0.4, -0.2) is 76.6 Å². The van der Waals surface area contributed by atoms with Gasteiger partial charge < -0.3 is 25.0 Å². The summed E-state index contributed by atoms with van der Waals surface area (Å²) in [5, 5.41) is 12.6. The molecule has 10 nitrogen and oxygen atoms in total. The first kappa shape index (κ1) is 18.0. The fourth-order valence-corrected chi connectivity index (χ4v) is 5.04. The Labute approximate surface area is 173 Å². The zero-order valence-corrected chi connectivity index (χ0v) is 17.0. The van der Waals surface area contributed by atoms with E-state index in [4.69, 9.17) is 20.2 Å². The van der Waals surface area contributed by atoms with Gasteiger partial charge in [-0.15, -0.1) is 5.10 Å². The number of aromatic amines is 1. The second kappa shape index (κ2) is 6.85. The molecule has 6 rings (SSSR count). The fraction of sp³-hybridized carbons (Fsp3) is 0.550. The standard InChI is InChI=1S/C20H26N8O2/c1-12-17(27-10-13-2-3-14(11-27)30-13)16-18(21)25-28(15-4-5-22-24-15)20(16)23-19(12)26-6-8-29-9-7-26/h4-5,13-14H,2-3,6-11H2,1H3,(H2,21,25)(H,22,24). The molecular weight excluding hydrogens is 384 g/mol. The van der Waals surface area contributed by atoms with E-state index in [-0.39, 0.29) is 12.2 Å². The van der Waals surface area contributed by atoms with Crippen molar-refractivity contribution in [2.75, 3.05) is 54.9 Å². The number of H-pyrrole nitrogens is 1. The van der Waals surface area contributed by atoms with E-state index in [1.54, 1.807) is 10.9 Å². The highest BCUT2D eigenvalue weighted by Crippen LogP contribution is 2.41. The van der Waals surface area contributed by atoms with Crippen molar-refractivity contribution in [1.82, 2.24) is 25.0 Å². The number of fused-ring (bicyclic) bond motifs is 3. The van der Waals surface area contributed by atoms with Crippen LogP contribution in [0.5, 0.6) is 0 Å². The number of pyridine rings is 1. The molecule has 3 aromatic rings. The van der Waals surface area contributed by atoms with E-state index in [1.165, 1.54) is 0 Å². The van der Waals surface area contributed by atoms with E-state index in [0.717, 1.165) is 72.9 Å². The summed E-state index contributed by atoms with van der Waals surface area (Å²) < 4.78 is 13.4. The lowest BCUT2D eigenvalue weighted by atomic mass is 10.1. The topological polar surface area (TPSA) is 110 Å². The number of morpholine rings is 2. The second-order valence-electron chi connectivity index (χ2n) is 8.31. The third-order valence-corrected chi connectivity index (χ3v) is 6.41. The fourth-order valence-electron chi connectivity index (χ4n) is 5.04. The predicted molar refractivity (Wildman–Crippen MR) is 113 cm³/mol. The smallest absolute Gasteiger partial charge is 0.171 e. The van der Waals surface area contributed by atoms with Crippen LogP contribution in [0.1, 0.15) is 18.4 Å². The van der Waals surface area contributed by atoms with Gasteiger partial charge in [-0.2, -0.15) is 9.78 Å². The van der Waals surface area contributed by atoms with Crippen LogP contribution in [0.4, 0.5) is 17.3 Å². The van der Waals surface area contributed by atoms with E-state index in [1.807, 2.05) is 6.07 Å². The number of hydrogen-bond donors (Lipinski definition) is 2. The highest BCUT2D eigenvalue weighted by atomic mass is 16.5. The maximum atomic E-state index is 6.48. The molecule has 3 N–H and O–H groups in total. The monoisotopic (exact) mass is 410 g/mol. The lowest BCUT2D eigenvalue weighted by molar-refractivity contribution is 0.0305. The SMILES string of the molecule is Cc1c(N2CCOCC2)nc2c(c(N)nn2-c2ccn[nH]2)c1N1CC2CCC(C1)O2. The van der Waals surface area contributed by atoms with Crippen molar-refractivity contribution in [1.29, 1.82) is 0 Å². The van der Waals surface area contributed by atoms with Gasteiger partial charge in [0.05, 0.1) is 42.7 Å². The molecule has 0 aliphatic carbocycles. The number of nitrogens with zero attached hydrogens (tertiary/aromatic N) is 6. The lowest BCUT2D eigenvalue weighted by Gasteiger charge is -2.37. The van der Waals surface area contributed by atoms with E-state index in [0.29, 0.717) is 19.0 Å². The number of hydrogen-bond acceptors (Lipinski definition) is 8. The van der Waals surface area contributed by atoms with Crippen LogP contribution in [0.15, 0.2) is 12.3 Å². The average Bonchev–Trinajstić information content (AvgIpc) is 3.48. The Balaban J connectivity index is 1.57. The Hall–Kier alpha value is -2.85. The van der Waals surface area contributed by atoms with Gasteiger partial charge >= 0.3 is 0 Å². The van der Waals surface area contributed by atoms with E-state index in [2.05, 4.69) is 32.0 Å². The third kappa shape index (κ3) is 2.74. The van der Waals surface area contributed by atoms with Crippen molar-refractivity contribution in [2.24, 2.45) is 0 Å². The molecule has 0 amide bonds. The molecule has 0 spiro atoms. The zero-order chi connectivity index (χ0) is 20.2. The van der Waals surface area contributed by atoms with Gasteiger partial charge in [0, 0.05) is 37.8 Å². The average molecular weight is 410 g/mol. The molecule has 3 aromatic heterocycles. The largest absolute Gasteiger partial charge is 0.382 e. The molecule has 3 fully saturated rings. The molecule has 6 heterocycles. The third-order valence-electron chi connectivity index (χ3n) is 6.41. The number of nitrogens with two attached hydrogens (primary N) is 1. The molecule has 0 radical (unpaired) electrons. The quantitative estimate of drug-likeness (QED) is 0.664. The number of ether oxygens (including phenoxy) is 2. The molecule has 3 saturated heterocycles. The summed E-state index contributed by atoms with van der Waals surface area (Å²) in [5.74, 6) is 2.20. The Kier molecular flexibility index (Phi) is 4.10. The first-order valence-electron chi connectivity index (χ1n) is 10.6. The number of rotatable bonds is 3. The van der Waals surface area contributed by atoms with E-state index in [9.17, 15) is 0 Å². The lowest BCUT2D eigenvalue weighted by Crippen LogP contribution is -2.43. The van der Waals surface area contributed by atoms with Crippen LogP contribution < -0.4 is 15.5 Å². The van der Waals surface area contributed by atoms with Crippen molar-refractivity contribution in [2.45, 2.75) is 32.0 Å². The van der Waals surface area contributed by atoms with Crippen LogP contribution in [-0.2, 0) is 9.47 Å². The second-order valence-corrected chi connectivity index (χ2v) is 8.31. The van der Waals surface area contributed by atoms with Crippen LogP contribution in [0.3, 0.4) is 0 Å². The molecular formula is C20H26N8O2. The molecule has 0 saturated carbocycles. The number of anilines is 3. The summed E-state index contributed by atoms with van der Waals surface area (Å²) in [6.45, 7) is 6.94. The highest BCUT2D eigenvalue weighted by molar-refractivity contribution is 6.02. The van der Waals surface area contributed by atoms with Gasteiger partial charge in [0.15, 0.2) is 17.3 Å². The number of nitrogens with one attached hydrogen (secondary N) is 1. The van der Waals surface area contributed by atoms with Gasteiger partial charge in [0.25, 0.3) is 0 Å². The predicted octanol–water partition coefficient (Wildman–Crippen LogP) is 1.24. The summed E-state index contributed by atoms with van der Waals surface area (Å²) in [6, 6.07) is 1.87. The van der Waals surface area contributed by atoms with Crippen LogP contribution >= 0.6 is 0 Å². The van der Waals surface area contributed by atoms with Crippen molar-refractivity contribution < 1.29 is 9.47 Å². The maximum absolute atomic E-state index is 6.48. The van der Waals surface area contributed by atoms with Crippen molar-refractivity contribution in [3.63, 3.8) is 0 Å². The number of nitrogen functional groups attached to an aromatic ring is 1. The zero-order valence-electron chi connectivity index (χ0n) is 17.0. The normalized spacial score (nSPS) is 24.2. The summed E-state index contributed by atoms with van der Waals surface area (Å²) in [6.07, 6.45) is 4.50. The van der Waals surface area contributed by atoms with Crippen LogP contribution in [0.2, 0.25) is 0 Å². The minimum atomic E-state index is 0.280. The van der Waals surface area contributed by atoms with Crippen molar-refractivity contribution in [3.05, 3.63) is 17.8 Å². The van der Waals surface area contributed by atoms with Gasteiger partial charge in [-0.1, -0.05) is 0 Å². The molecule has 3 aliphatic rings. The molecule has 0 aromatic carbocycles. The van der Waals surface area contributed by atoms with Crippen LogP contribution in [0, 0.1) is 6.92 Å². The molecule has 158 valence electrons. The Morgan fingerprint density at radius 3 is 2.60 bits per heavy atom. The Bertz CT molecular complexity index is 1060. The Morgan fingerprint density at radius 1 is 1.13 bits per heavy atom. The Morgan fingerprint density at radius 2 is 1.90 bits per heavy atom. The van der Waals surface area contributed by atoms with Gasteiger partial charge in [0.2, 0.25) is 0 Å².